The summed E-state index contributed by atoms with van der Waals surface area (Å²) >= 11 is 0. The van der Waals surface area contributed by atoms with Gasteiger partial charge in [0.2, 0.25) is 0 Å². The summed E-state index contributed by atoms with van der Waals surface area (Å²) in [6.07, 6.45) is 0.117. The van der Waals surface area contributed by atoms with Crippen LogP contribution in [0.15, 0.2) is 42.5 Å². The van der Waals surface area contributed by atoms with Crippen LogP contribution in [0.5, 0.6) is 0 Å². The first kappa shape index (κ1) is 22.4. The third-order valence-corrected chi connectivity index (χ3v) is 4.31. The molecule has 9 heteroatoms. The van der Waals surface area contributed by atoms with Crippen molar-refractivity contribution in [3.8, 4) is 6.07 Å². The Morgan fingerprint density at radius 2 is 1.83 bits per heavy atom. The van der Waals surface area contributed by atoms with E-state index in [9.17, 15) is 19.7 Å². The highest BCUT2D eigenvalue weighted by molar-refractivity contribution is 5.97. The number of nitrogens with zero attached hydrogens (tertiary/aromatic N) is 4. The smallest absolute Gasteiger partial charge is 0.338 e. The number of ether oxygens (including phenoxy) is 1. The lowest BCUT2D eigenvalue weighted by molar-refractivity contribution is -0.384. The van der Waals surface area contributed by atoms with Crippen molar-refractivity contribution in [3.05, 3.63) is 63.7 Å². The summed E-state index contributed by atoms with van der Waals surface area (Å²) in [7, 11) is 3.31. The molecule has 1 amide bonds. The van der Waals surface area contributed by atoms with E-state index in [0.717, 1.165) is 11.6 Å². The first-order valence-electron chi connectivity index (χ1n) is 9.11. The molecule has 0 aliphatic carbocycles. The summed E-state index contributed by atoms with van der Waals surface area (Å²) in [6.45, 7) is 1.51. The monoisotopic (exact) mass is 410 g/mol. The van der Waals surface area contributed by atoms with Gasteiger partial charge in [0.15, 0.2) is 6.61 Å². The molecule has 30 heavy (non-hydrogen) atoms. The fourth-order valence-corrected chi connectivity index (χ4v) is 2.75. The summed E-state index contributed by atoms with van der Waals surface area (Å²) in [5, 5.41) is 20.1. The van der Waals surface area contributed by atoms with E-state index in [2.05, 4.69) is 0 Å². The number of anilines is 2. The second-order valence-corrected chi connectivity index (χ2v) is 6.72. The number of rotatable bonds is 8. The Balaban J connectivity index is 2.14. The van der Waals surface area contributed by atoms with Crippen LogP contribution in [0.25, 0.3) is 0 Å². The molecular weight excluding hydrogens is 388 g/mol. The summed E-state index contributed by atoms with van der Waals surface area (Å²) in [4.78, 5) is 38.6. The molecule has 0 saturated carbocycles. The lowest BCUT2D eigenvalue weighted by Gasteiger charge is -2.22. The molecule has 0 spiro atoms. The molecule has 0 fully saturated rings. The number of benzene rings is 2. The lowest BCUT2D eigenvalue weighted by Crippen LogP contribution is -2.35. The molecular formula is C21H22N4O5. The lowest BCUT2D eigenvalue weighted by atomic mass is 10.1. The minimum atomic E-state index is -0.846. The molecule has 2 aromatic rings. The van der Waals surface area contributed by atoms with Crippen LogP contribution in [0, 0.1) is 28.4 Å². The zero-order valence-electron chi connectivity index (χ0n) is 17.0. The largest absolute Gasteiger partial charge is 0.452 e. The first-order chi connectivity index (χ1) is 14.2. The average Bonchev–Trinajstić information content (AvgIpc) is 2.72. The van der Waals surface area contributed by atoms with E-state index >= 15 is 0 Å². The van der Waals surface area contributed by atoms with E-state index in [1.807, 2.05) is 25.1 Å². The van der Waals surface area contributed by atoms with Crippen LogP contribution >= 0.6 is 0 Å². The van der Waals surface area contributed by atoms with Gasteiger partial charge in [-0.25, -0.2) is 4.79 Å². The molecule has 0 radical (unpaired) electrons. The quantitative estimate of drug-likeness (QED) is 0.373. The van der Waals surface area contributed by atoms with Gasteiger partial charge in [-0.1, -0.05) is 17.7 Å². The van der Waals surface area contributed by atoms with Crippen molar-refractivity contribution in [2.24, 2.45) is 0 Å². The van der Waals surface area contributed by atoms with Crippen molar-refractivity contribution >= 4 is 28.9 Å². The van der Waals surface area contributed by atoms with Crippen molar-refractivity contribution in [3.63, 3.8) is 0 Å². The molecule has 0 N–H and O–H groups in total. The van der Waals surface area contributed by atoms with Gasteiger partial charge in [-0.2, -0.15) is 5.26 Å². The third-order valence-electron chi connectivity index (χ3n) is 4.31. The summed E-state index contributed by atoms with van der Waals surface area (Å²) in [5.41, 5.74) is 1.67. The number of nitro groups is 1. The predicted octanol–water partition coefficient (Wildman–Crippen LogP) is 3.07. The molecule has 0 aromatic heterocycles. The van der Waals surface area contributed by atoms with Crippen LogP contribution in [-0.2, 0) is 9.53 Å². The number of hydrogen-bond donors (Lipinski definition) is 0. The van der Waals surface area contributed by atoms with Crippen LogP contribution in [0.4, 0.5) is 17.1 Å². The Labute approximate surface area is 174 Å². The fraction of sp³-hybridized carbons (Fsp3) is 0.286. The van der Waals surface area contributed by atoms with E-state index in [1.165, 1.54) is 17.0 Å². The second kappa shape index (κ2) is 10.0. The van der Waals surface area contributed by atoms with Gasteiger partial charge in [-0.05, 0) is 31.2 Å². The number of nitro benzene ring substituents is 1. The molecule has 2 aromatic carbocycles. The molecule has 0 heterocycles. The highest BCUT2D eigenvalue weighted by Gasteiger charge is 2.22. The minimum absolute atomic E-state index is 0.0287. The van der Waals surface area contributed by atoms with Crippen LogP contribution < -0.4 is 9.80 Å². The Morgan fingerprint density at radius 1 is 1.17 bits per heavy atom. The van der Waals surface area contributed by atoms with Gasteiger partial charge in [0, 0.05) is 32.4 Å². The molecule has 156 valence electrons. The fourth-order valence-electron chi connectivity index (χ4n) is 2.75. The standard InChI is InChI=1S/C21H22N4O5/c1-15-5-8-17(9-6-15)24(12-4-11-22)20(26)14-30-21(27)16-7-10-18(23(2)3)19(13-16)25(28)29/h5-10,13H,4,12,14H2,1-3H3. The SMILES string of the molecule is Cc1ccc(N(CCC#N)C(=O)COC(=O)c2ccc(N(C)C)c([N+](=O)[O-])c2)cc1. The Hall–Kier alpha value is -3.93. The molecule has 0 saturated heterocycles. The second-order valence-electron chi connectivity index (χ2n) is 6.72. The molecule has 0 bridgehead atoms. The van der Waals surface area contributed by atoms with Crippen molar-refractivity contribution < 1.29 is 19.2 Å². The van der Waals surface area contributed by atoms with Gasteiger partial charge >= 0.3 is 5.97 Å². The number of nitriles is 1. The maximum atomic E-state index is 12.6. The van der Waals surface area contributed by atoms with Gasteiger partial charge in [-0.15, -0.1) is 0 Å². The van der Waals surface area contributed by atoms with Crippen molar-refractivity contribution in [2.45, 2.75) is 13.3 Å². The molecule has 0 aliphatic heterocycles. The van der Waals surface area contributed by atoms with Gasteiger partial charge in [0.1, 0.15) is 5.69 Å². The minimum Gasteiger partial charge on any atom is -0.452 e. The summed E-state index contributed by atoms with van der Waals surface area (Å²) in [5.74, 6) is -1.34. The molecule has 9 nitrogen and oxygen atoms in total. The van der Waals surface area contributed by atoms with Crippen LogP contribution in [-0.4, -0.2) is 44.0 Å². The molecule has 0 aliphatic rings. The Kier molecular flexibility index (Phi) is 7.47. The number of carbonyl (C=O) groups is 2. The molecule has 2 rings (SSSR count). The normalized spacial score (nSPS) is 10.1. The van der Waals surface area contributed by atoms with Gasteiger partial charge in [0.25, 0.3) is 11.6 Å². The van der Waals surface area contributed by atoms with Gasteiger partial charge < -0.3 is 14.5 Å². The highest BCUT2D eigenvalue weighted by atomic mass is 16.6. The maximum Gasteiger partial charge on any atom is 0.338 e. The van der Waals surface area contributed by atoms with Crippen molar-refractivity contribution in [1.82, 2.24) is 0 Å². The highest BCUT2D eigenvalue weighted by Crippen LogP contribution is 2.28. The zero-order chi connectivity index (χ0) is 22.3. The summed E-state index contributed by atoms with van der Waals surface area (Å²) in [6, 6.07) is 13.1. The number of esters is 1. The number of hydrogen-bond acceptors (Lipinski definition) is 7. The Morgan fingerprint density at radius 3 is 2.40 bits per heavy atom. The number of amides is 1. The van der Waals surface area contributed by atoms with Crippen LogP contribution in [0.2, 0.25) is 0 Å². The van der Waals surface area contributed by atoms with E-state index < -0.39 is 23.4 Å². The predicted molar refractivity (Wildman–Crippen MR) is 111 cm³/mol. The van der Waals surface area contributed by atoms with Gasteiger partial charge in [-0.3, -0.25) is 14.9 Å². The number of carbonyl (C=O) groups excluding carboxylic acids is 2. The van der Waals surface area contributed by atoms with Crippen molar-refractivity contribution in [2.75, 3.05) is 37.0 Å². The Bertz CT molecular complexity index is 980. The van der Waals surface area contributed by atoms with Crippen molar-refractivity contribution in [1.29, 1.82) is 5.26 Å². The zero-order valence-corrected chi connectivity index (χ0v) is 17.0. The number of aryl methyl sites for hydroxylation is 1. The van der Waals surface area contributed by atoms with E-state index in [-0.39, 0.29) is 24.2 Å². The van der Waals surface area contributed by atoms with E-state index in [4.69, 9.17) is 10.00 Å². The molecule has 0 atom stereocenters. The topological polar surface area (TPSA) is 117 Å². The average molecular weight is 410 g/mol. The van der Waals surface area contributed by atoms with Crippen LogP contribution in [0.1, 0.15) is 22.3 Å². The third kappa shape index (κ3) is 5.54. The maximum absolute atomic E-state index is 12.6. The van der Waals surface area contributed by atoms with E-state index in [1.54, 1.807) is 31.1 Å². The van der Waals surface area contributed by atoms with Gasteiger partial charge in [0.05, 0.1) is 23.0 Å². The van der Waals surface area contributed by atoms with E-state index in [0.29, 0.717) is 11.4 Å². The van der Waals surface area contributed by atoms with Crippen LogP contribution in [0.3, 0.4) is 0 Å². The summed E-state index contributed by atoms with van der Waals surface area (Å²) < 4.78 is 5.08. The first-order valence-corrected chi connectivity index (χ1v) is 9.11. The molecule has 0 unspecified atom stereocenters.